The van der Waals surface area contributed by atoms with E-state index in [1.807, 2.05) is 13.0 Å². The summed E-state index contributed by atoms with van der Waals surface area (Å²) in [5.74, 6) is 0.966. The van der Waals surface area contributed by atoms with Crippen molar-refractivity contribution in [1.29, 1.82) is 0 Å². The zero-order chi connectivity index (χ0) is 18.0. The minimum absolute atomic E-state index is 0.0859. The van der Waals surface area contributed by atoms with E-state index in [2.05, 4.69) is 27.1 Å². The van der Waals surface area contributed by atoms with E-state index in [1.54, 1.807) is 11.3 Å². The van der Waals surface area contributed by atoms with Gasteiger partial charge in [0.25, 0.3) is 17.9 Å². The van der Waals surface area contributed by atoms with Gasteiger partial charge in [0, 0.05) is 10.9 Å². The number of alkyl halides is 2. The van der Waals surface area contributed by atoms with Crippen molar-refractivity contribution in [2.75, 3.05) is 0 Å². The van der Waals surface area contributed by atoms with Crippen molar-refractivity contribution < 1.29 is 13.2 Å². The highest BCUT2D eigenvalue weighted by atomic mass is 32.2. The van der Waals surface area contributed by atoms with Crippen LogP contribution in [0.3, 0.4) is 0 Å². The summed E-state index contributed by atoms with van der Waals surface area (Å²) in [4.78, 5) is 19.7. The first-order chi connectivity index (χ1) is 12.0. The third-order valence-corrected chi connectivity index (χ3v) is 5.54. The van der Waals surface area contributed by atoms with Crippen LogP contribution in [-0.2, 0) is 12.2 Å². The van der Waals surface area contributed by atoms with Crippen LogP contribution in [0.15, 0.2) is 26.5 Å². The molecule has 3 aromatic rings. The SMILES string of the molecule is CCc1sc(-c2nnc(CSc3nc(C(F)F)cc(=O)[nH]3)o2)cc1C. The first kappa shape index (κ1) is 17.7. The van der Waals surface area contributed by atoms with Crippen LogP contribution in [0.4, 0.5) is 8.78 Å². The molecule has 0 atom stereocenters. The van der Waals surface area contributed by atoms with Gasteiger partial charge in [-0.25, -0.2) is 13.8 Å². The Balaban J connectivity index is 1.73. The molecule has 132 valence electrons. The van der Waals surface area contributed by atoms with Crippen LogP contribution < -0.4 is 5.56 Å². The molecule has 6 nitrogen and oxygen atoms in total. The molecule has 3 heterocycles. The number of aryl methyl sites for hydroxylation is 2. The molecule has 0 amide bonds. The first-order valence-electron chi connectivity index (χ1n) is 7.40. The molecule has 0 aromatic carbocycles. The van der Waals surface area contributed by atoms with Crippen molar-refractivity contribution in [3.63, 3.8) is 0 Å². The predicted octanol–water partition coefficient (Wildman–Crippen LogP) is 3.98. The Labute approximate surface area is 149 Å². The smallest absolute Gasteiger partial charge is 0.280 e. The molecule has 0 aliphatic heterocycles. The van der Waals surface area contributed by atoms with Crippen molar-refractivity contribution in [1.82, 2.24) is 20.2 Å². The van der Waals surface area contributed by atoms with E-state index in [0.29, 0.717) is 11.8 Å². The standard InChI is InChI=1S/C15H14F2N4O2S2/c1-3-9-7(2)4-10(25-9)14-21-20-12(23-14)6-24-15-18-8(13(16)17)5-11(22)19-15/h4-5,13H,3,6H2,1-2H3,(H,18,19,22). The molecule has 0 aliphatic rings. The number of thioether (sulfide) groups is 1. The number of hydrogen-bond donors (Lipinski definition) is 1. The Bertz CT molecular complexity index is 936. The number of nitrogens with one attached hydrogen (secondary N) is 1. The Kier molecular flexibility index (Phi) is 5.28. The van der Waals surface area contributed by atoms with E-state index >= 15 is 0 Å². The highest BCUT2D eigenvalue weighted by molar-refractivity contribution is 7.98. The average Bonchev–Trinajstić information content (AvgIpc) is 3.18. The van der Waals surface area contributed by atoms with Crippen LogP contribution in [-0.4, -0.2) is 20.2 Å². The lowest BCUT2D eigenvalue weighted by atomic mass is 10.2. The fourth-order valence-corrected chi connectivity index (χ4v) is 3.91. The number of thiophene rings is 1. The highest BCUT2D eigenvalue weighted by Crippen LogP contribution is 2.31. The molecule has 0 unspecified atom stereocenters. The monoisotopic (exact) mass is 384 g/mol. The van der Waals surface area contributed by atoms with E-state index in [4.69, 9.17) is 4.42 Å². The summed E-state index contributed by atoms with van der Waals surface area (Å²) >= 11 is 2.65. The summed E-state index contributed by atoms with van der Waals surface area (Å²) < 4.78 is 31.0. The van der Waals surface area contributed by atoms with E-state index in [9.17, 15) is 13.6 Å². The zero-order valence-corrected chi connectivity index (χ0v) is 15.0. The van der Waals surface area contributed by atoms with Crippen LogP contribution in [0, 0.1) is 6.92 Å². The van der Waals surface area contributed by atoms with Gasteiger partial charge in [-0.2, -0.15) is 0 Å². The van der Waals surface area contributed by atoms with Crippen molar-refractivity contribution in [3.05, 3.63) is 44.5 Å². The van der Waals surface area contributed by atoms with E-state index in [1.165, 1.54) is 10.4 Å². The molecule has 0 aliphatic carbocycles. The lowest BCUT2D eigenvalue weighted by Crippen LogP contribution is -2.10. The number of hydrogen-bond acceptors (Lipinski definition) is 7. The minimum Gasteiger partial charge on any atom is -0.419 e. The Morgan fingerprint density at radius 3 is 2.84 bits per heavy atom. The summed E-state index contributed by atoms with van der Waals surface area (Å²) in [6, 6.07) is 2.78. The van der Waals surface area contributed by atoms with Gasteiger partial charge in [0.15, 0.2) is 5.16 Å². The fraction of sp³-hybridized carbons (Fsp3) is 0.333. The van der Waals surface area contributed by atoms with Crippen LogP contribution in [0.1, 0.15) is 35.4 Å². The molecular weight excluding hydrogens is 370 g/mol. The molecule has 0 radical (unpaired) electrons. The maximum Gasteiger partial charge on any atom is 0.280 e. The van der Waals surface area contributed by atoms with E-state index in [0.717, 1.165) is 29.1 Å². The molecule has 0 saturated carbocycles. The molecule has 3 aromatic heterocycles. The van der Waals surface area contributed by atoms with Gasteiger partial charge in [-0.15, -0.1) is 21.5 Å². The second-order valence-electron chi connectivity index (χ2n) is 5.14. The van der Waals surface area contributed by atoms with Gasteiger partial charge in [0.2, 0.25) is 5.89 Å². The van der Waals surface area contributed by atoms with Crippen LogP contribution in [0.5, 0.6) is 0 Å². The van der Waals surface area contributed by atoms with Crippen molar-refractivity contribution in [2.45, 2.75) is 37.6 Å². The Hall–Kier alpha value is -2.07. The quantitative estimate of drug-likeness (QED) is 0.511. The third kappa shape index (κ3) is 4.13. The van der Waals surface area contributed by atoms with Gasteiger partial charge in [-0.1, -0.05) is 18.7 Å². The summed E-state index contributed by atoms with van der Waals surface area (Å²) in [5, 5.41) is 8.06. The second-order valence-corrected chi connectivity index (χ2v) is 7.24. The lowest BCUT2D eigenvalue weighted by Gasteiger charge is -2.01. The molecule has 0 bridgehead atoms. The number of aromatic nitrogens is 4. The van der Waals surface area contributed by atoms with Gasteiger partial charge >= 0.3 is 0 Å². The normalized spacial score (nSPS) is 11.4. The van der Waals surface area contributed by atoms with Crippen molar-refractivity contribution in [2.24, 2.45) is 0 Å². The second kappa shape index (κ2) is 7.44. The number of halogens is 2. The van der Waals surface area contributed by atoms with Gasteiger partial charge in [-0.05, 0) is 25.0 Å². The van der Waals surface area contributed by atoms with Gasteiger partial charge < -0.3 is 9.40 Å². The van der Waals surface area contributed by atoms with Crippen molar-refractivity contribution in [3.8, 4) is 10.8 Å². The van der Waals surface area contributed by atoms with Crippen LogP contribution in [0.25, 0.3) is 10.8 Å². The van der Waals surface area contributed by atoms with Gasteiger partial charge in [-0.3, -0.25) is 4.79 Å². The molecule has 10 heteroatoms. The summed E-state index contributed by atoms with van der Waals surface area (Å²) in [6.45, 7) is 4.11. The number of rotatable bonds is 6. The van der Waals surface area contributed by atoms with Crippen molar-refractivity contribution >= 4 is 23.1 Å². The van der Waals surface area contributed by atoms with E-state index in [-0.39, 0.29) is 10.9 Å². The number of aromatic amines is 1. The molecule has 3 rings (SSSR count). The maximum absolute atomic E-state index is 12.7. The summed E-state index contributed by atoms with van der Waals surface area (Å²) in [6.07, 6.45) is -1.86. The molecular formula is C15H14F2N4O2S2. The third-order valence-electron chi connectivity index (χ3n) is 3.32. The largest absolute Gasteiger partial charge is 0.419 e. The average molecular weight is 384 g/mol. The highest BCUT2D eigenvalue weighted by Gasteiger charge is 2.15. The number of nitrogens with zero attached hydrogens (tertiary/aromatic N) is 3. The first-order valence-corrected chi connectivity index (χ1v) is 9.20. The maximum atomic E-state index is 12.7. The van der Waals surface area contributed by atoms with Crippen LogP contribution >= 0.6 is 23.1 Å². The van der Waals surface area contributed by atoms with Gasteiger partial charge in [0.1, 0.15) is 5.69 Å². The van der Waals surface area contributed by atoms with E-state index < -0.39 is 17.7 Å². The molecule has 25 heavy (non-hydrogen) atoms. The fourth-order valence-electron chi connectivity index (χ4n) is 2.15. The lowest BCUT2D eigenvalue weighted by molar-refractivity contribution is 0.145. The topological polar surface area (TPSA) is 84.7 Å². The minimum atomic E-state index is -2.80. The molecule has 1 N–H and O–H groups in total. The molecule has 0 fully saturated rings. The van der Waals surface area contributed by atoms with Gasteiger partial charge in [0.05, 0.1) is 10.6 Å². The summed E-state index contributed by atoms with van der Waals surface area (Å²) in [5.41, 5.74) is 0.000937. The molecule has 0 spiro atoms. The molecule has 0 saturated heterocycles. The predicted molar refractivity (Wildman–Crippen MR) is 91.1 cm³/mol. The zero-order valence-electron chi connectivity index (χ0n) is 13.4. The summed E-state index contributed by atoms with van der Waals surface area (Å²) in [7, 11) is 0. The number of H-pyrrole nitrogens is 1. The Morgan fingerprint density at radius 2 is 2.16 bits per heavy atom. The van der Waals surface area contributed by atoms with Crippen LogP contribution in [0.2, 0.25) is 0 Å². The Morgan fingerprint density at radius 1 is 1.36 bits per heavy atom.